The molecule has 0 spiro atoms. The maximum atomic E-state index is 15.0. The molecule has 1 aliphatic rings. The van der Waals surface area contributed by atoms with Gasteiger partial charge in [0, 0.05) is 48.6 Å². The number of anilines is 1. The van der Waals surface area contributed by atoms with E-state index in [9.17, 15) is 19.1 Å². The number of aromatic nitrogens is 2. The van der Waals surface area contributed by atoms with E-state index in [1.165, 1.54) is 22.8 Å². The topological polar surface area (TPSA) is 78.7 Å². The van der Waals surface area contributed by atoms with Gasteiger partial charge in [-0.2, -0.15) is 17.6 Å². The molecule has 1 fully saturated rings. The third-order valence-corrected chi connectivity index (χ3v) is 7.81. The Bertz CT molecular complexity index is 1630. The summed E-state index contributed by atoms with van der Waals surface area (Å²) in [5.74, 6) is 0.210. The first-order chi connectivity index (χ1) is 19.2. The molecule has 2 heterocycles. The molecule has 5 rings (SSSR count). The van der Waals surface area contributed by atoms with E-state index in [-0.39, 0.29) is 33.7 Å². The molecule has 0 radical (unpaired) electrons. The molecular weight excluding hydrogens is 551 g/mol. The number of carbonyl (C=O) groups excluding carboxylic acids is 1. The second-order valence-electron chi connectivity index (χ2n) is 10.1. The number of halogens is 2. The van der Waals surface area contributed by atoms with Crippen LogP contribution in [0.15, 0.2) is 59.4 Å². The van der Waals surface area contributed by atoms with Gasteiger partial charge in [-0.1, -0.05) is 49.7 Å². The number of carbonyl (C=O) groups is 1. The highest BCUT2D eigenvalue weighted by molar-refractivity contribution is 7.80. The summed E-state index contributed by atoms with van der Waals surface area (Å²) < 4.78 is 16.5. The third-order valence-electron chi connectivity index (χ3n) is 7.28. The summed E-state index contributed by atoms with van der Waals surface area (Å²) in [5, 5.41) is 11.4. The van der Waals surface area contributed by atoms with Crippen molar-refractivity contribution in [2.45, 2.75) is 26.2 Å². The van der Waals surface area contributed by atoms with Gasteiger partial charge in [0.1, 0.15) is 17.4 Å². The second kappa shape index (κ2) is 11.5. The van der Waals surface area contributed by atoms with Gasteiger partial charge in [-0.05, 0) is 47.6 Å². The van der Waals surface area contributed by atoms with Crippen molar-refractivity contribution in [1.82, 2.24) is 14.5 Å². The largest absolute Gasteiger partial charge is 0.507 e. The van der Waals surface area contributed by atoms with Gasteiger partial charge in [0.05, 0.1) is 16.8 Å². The Labute approximate surface area is 242 Å². The summed E-state index contributed by atoms with van der Waals surface area (Å²) in [4.78, 5) is 34.5. The highest BCUT2D eigenvalue weighted by atomic mass is 35.5. The lowest BCUT2D eigenvalue weighted by atomic mass is 9.99. The first kappa shape index (κ1) is 28.0. The molecule has 1 saturated heterocycles. The van der Waals surface area contributed by atoms with Crippen molar-refractivity contribution in [3.8, 4) is 22.6 Å². The maximum Gasteiger partial charge on any atom is 0.354 e. The van der Waals surface area contributed by atoms with Crippen molar-refractivity contribution in [3.63, 3.8) is 0 Å². The molecule has 0 saturated carbocycles. The molecule has 7 nitrogen and oxygen atoms in total. The van der Waals surface area contributed by atoms with E-state index >= 15 is 0 Å². The molecule has 40 heavy (non-hydrogen) atoms. The van der Waals surface area contributed by atoms with Gasteiger partial charge in [-0.15, -0.1) is 0 Å². The minimum Gasteiger partial charge on any atom is -0.507 e. The van der Waals surface area contributed by atoms with Gasteiger partial charge in [0.15, 0.2) is 0 Å². The van der Waals surface area contributed by atoms with Gasteiger partial charge < -0.3 is 14.9 Å². The van der Waals surface area contributed by atoms with Crippen molar-refractivity contribution in [1.29, 1.82) is 0 Å². The number of para-hydroxylation sites is 1. The molecule has 0 aliphatic carbocycles. The van der Waals surface area contributed by atoms with E-state index in [4.69, 9.17) is 11.6 Å². The molecule has 208 valence electrons. The second-order valence-corrected chi connectivity index (χ2v) is 10.9. The van der Waals surface area contributed by atoms with Crippen LogP contribution in [0.2, 0.25) is 5.02 Å². The first-order valence-electron chi connectivity index (χ1n) is 13.2. The number of benzene rings is 3. The average Bonchev–Trinajstić information content (AvgIpc) is 2.93. The molecule has 1 N–H and O–H groups in total. The number of phenolic OH excluding ortho intramolecular Hbond substituents is 1. The molecule has 0 unspecified atom stereocenters. The van der Waals surface area contributed by atoms with Crippen LogP contribution in [-0.2, 0) is 4.79 Å². The van der Waals surface area contributed by atoms with Gasteiger partial charge >= 0.3 is 5.69 Å². The van der Waals surface area contributed by atoms with Gasteiger partial charge in [0.2, 0.25) is 5.91 Å². The SMILES string of the molecule is CC(C)c1ccccc1-n1c(=O)nc(N2CCN(C(=O)CCS)CC2)c2cc(Cl)c(-c3c(O)cccc3F)cc21. The van der Waals surface area contributed by atoms with Crippen LogP contribution in [0.1, 0.15) is 31.7 Å². The van der Waals surface area contributed by atoms with E-state index in [0.29, 0.717) is 60.8 Å². The fraction of sp³-hybridized carbons (Fsp3) is 0.300. The Morgan fingerprint density at radius 3 is 2.50 bits per heavy atom. The summed E-state index contributed by atoms with van der Waals surface area (Å²) in [6.07, 6.45) is 0.372. The molecule has 0 bridgehead atoms. The molecule has 3 aromatic carbocycles. The number of piperazine rings is 1. The van der Waals surface area contributed by atoms with Crippen LogP contribution in [0.4, 0.5) is 10.2 Å². The van der Waals surface area contributed by atoms with E-state index in [2.05, 4.69) is 17.6 Å². The Kier molecular flexibility index (Phi) is 8.05. The number of thiol groups is 1. The van der Waals surface area contributed by atoms with Crippen molar-refractivity contribution in [2.24, 2.45) is 0 Å². The summed E-state index contributed by atoms with van der Waals surface area (Å²) >= 11 is 10.9. The zero-order chi connectivity index (χ0) is 28.6. The van der Waals surface area contributed by atoms with E-state index < -0.39 is 11.5 Å². The minimum absolute atomic E-state index is 0.0415. The summed E-state index contributed by atoms with van der Waals surface area (Å²) in [6, 6.07) is 15.0. The highest BCUT2D eigenvalue weighted by Crippen LogP contribution is 2.40. The van der Waals surface area contributed by atoms with Crippen LogP contribution in [0, 0.1) is 5.82 Å². The Balaban J connectivity index is 1.74. The Morgan fingerprint density at radius 2 is 1.82 bits per heavy atom. The molecule has 0 atom stereocenters. The van der Waals surface area contributed by atoms with Crippen molar-refractivity contribution in [2.75, 3.05) is 36.8 Å². The Hall–Kier alpha value is -3.56. The van der Waals surface area contributed by atoms with Crippen LogP contribution in [-0.4, -0.2) is 57.4 Å². The smallest absolute Gasteiger partial charge is 0.354 e. The minimum atomic E-state index is -0.631. The summed E-state index contributed by atoms with van der Waals surface area (Å²) in [5.41, 5.74) is 1.83. The molecular formula is C30H30ClFN4O3S. The molecule has 1 amide bonds. The summed E-state index contributed by atoms with van der Waals surface area (Å²) in [6.45, 7) is 6.04. The maximum absolute atomic E-state index is 15.0. The van der Waals surface area contributed by atoms with Gasteiger partial charge in [0.25, 0.3) is 0 Å². The molecule has 4 aromatic rings. The van der Waals surface area contributed by atoms with Crippen LogP contribution in [0.25, 0.3) is 27.7 Å². The zero-order valence-electron chi connectivity index (χ0n) is 22.3. The lowest BCUT2D eigenvalue weighted by molar-refractivity contribution is -0.131. The van der Waals surface area contributed by atoms with Crippen LogP contribution in [0.3, 0.4) is 0 Å². The Morgan fingerprint density at radius 1 is 1.10 bits per heavy atom. The van der Waals surface area contributed by atoms with E-state index in [1.54, 1.807) is 17.0 Å². The van der Waals surface area contributed by atoms with Crippen molar-refractivity contribution >= 4 is 46.9 Å². The number of phenols is 1. The van der Waals surface area contributed by atoms with Crippen LogP contribution >= 0.6 is 24.2 Å². The van der Waals surface area contributed by atoms with Crippen LogP contribution < -0.4 is 10.6 Å². The lowest BCUT2D eigenvalue weighted by Gasteiger charge is -2.36. The predicted octanol–water partition coefficient (Wildman–Crippen LogP) is 5.64. The first-order valence-corrected chi connectivity index (χ1v) is 14.2. The number of fused-ring (bicyclic) bond motifs is 1. The molecule has 10 heteroatoms. The molecule has 1 aromatic heterocycles. The average molecular weight is 581 g/mol. The van der Waals surface area contributed by atoms with Gasteiger partial charge in [-0.3, -0.25) is 9.36 Å². The highest BCUT2D eigenvalue weighted by Gasteiger charge is 2.26. The standard InChI is InChI=1S/C30H30ClFN4O3S/c1-18(2)19-6-3-4-8-24(19)36-25-17-20(28-23(32)7-5-9-26(28)37)22(31)16-21(25)29(33-30(36)39)35-13-11-34(12-14-35)27(38)10-15-40/h3-9,16-18,37,40H,10-15H2,1-2H3. The quantitative estimate of drug-likeness (QED) is 0.289. The van der Waals surface area contributed by atoms with Crippen LogP contribution in [0.5, 0.6) is 5.75 Å². The number of amides is 1. The third kappa shape index (κ3) is 5.15. The zero-order valence-corrected chi connectivity index (χ0v) is 23.9. The monoisotopic (exact) mass is 580 g/mol. The number of rotatable bonds is 6. The fourth-order valence-electron chi connectivity index (χ4n) is 5.28. The lowest BCUT2D eigenvalue weighted by Crippen LogP contribution is -2.49. The van der Waals surface area contributed by atoms with E-state index in [0.717, 1.165) is 5.56 Å². The number of nitrogens with zero attached hydrogens (tertiary/aromatic N) is 4. The summed E-state index contributed by atoms with van der Waals surface area (Å²) in [7, 11) is 0. The molecule has 1 aliphatic heterocycles. The van der Waals surface area contributed by atoms with Crippen molar-refractivity contribution < 1.29 is 14.3 Å². The number of hydrogen-bond donors (Lipinski definition) is 2. The fourth-order valence-corrected chi connectivity index (χ4v) is 5.72. The van der Waals surface area contributed by atoms with Crippen molar-refractivity contribution in [3.05, 3.63) is 81.5 Å². The van der Waals surface area contributed by atoms with Gasteiger partial charge in [-0.25, -0.2) is 9.18 Å². The normalized spacial score (nSPS) is 13.8. The van der Waals surface area contributed by atoms with E-state index in [1.807, 2.05) is 43.0 Å². The predicted molar refractivity (Wildman–Crippen MR) is 161 cm³/mol. The number of aromatic hydroxyl groups is 1. The number of hydrogen-bond acceptors (Lipinski definition) is 6.